The molecule has 3 nitrogen and oxygen atoms in total. The van der Waals surface area contributed by atoms with E-state index in [-0.39, 0.29) is 30.2 Å². The molecule has 0 saturated heterocycles. The Hall–Kier alpha value is -0.480. The largest absolute Gasteiger partial charge is 0.353 e. The molecule has 1 unspecified atom stereocenters. The summed E-state index contributed by atoms with van der Waals surface area (Å²) in [5, 5.41) is 3.34. The Kier molecular flexibility index (Phi) is 8.35. The summed E-state index contributed by atoms with van der Waals surface area (Å²) < 4.78 is 0. The van der Waals surface area contributed by atoms with Crippen LogP contribution in [-0.4, -0.2) is 24.4 Å². The standard InChI is InChI=1S/C11H14Cl2N2O.ClH/c12-6-11(16)15-7-10(14)5-8-1-3-9(13)4-2-8;/h1-4,10H,5-7,14H2,(H,15,16);1H. The van der Waals surface area contributed by atoms with E-state index in [1.54, 1.807) is 0 Å². The third-order valence-corrected chi connectivity index (χ3v) is 2.59. The maximum Gasteiger partial charge on any atom is 0.234 e. The molecule has 96 valence electrons. The number of hydrogen-bond donors (Lipinski definition) is 2. The second kappa shape index (κ2) is 8.59. The summed E-state index contributed by atoms with van der Waals surface area (Å²) in [6.45, 7) is 0.425. The summed E-state index contributed by atoms with van der Waals surface area (Å²) in [6, 6.07) is 7.37. The van der Waals surface area contributed by atoms with Crippen molar-refractivity contribution in [3.8, 4) is 0 Å². The average molecular weight is 298 g/mol. The maximum absolute atomic E-state index is 10.9. The molecule has 0 aliphatic carbocycles. The van der Waals surface area contributed by atoms with E-state index < -0.39 is 0 Å². The van der Waals surface area contributed by atoms with Crippen LogP contribution in [-0.2, 0) is 11.2 Å². The lowest BCUT2D eigenvalue weighted by Crippen LogP contribution is -2.39. The minimum absolute atomic E-state index is 0. The number of nitrogens with one attached hydrogen (secondary N) is 1. The quantitative estimate of drug-likeness (QED) is 0.817. The minimum Gasteiger partial charge on any atom is -0.353 e. The second-order valence-corrected chi connectivity index (χ2v) is 4.23. The van der Waals surface area contributed by atoms with Gasteiger partial charge in [0.2, 0.25) is 5.91 Å². The molecule has 0 spiro atoms. The Morgan fingerprint density at radius 1 is 1.35 bits per heavy atom. The summed E-state index contributed by atoms with van der Waals surface area (Å²) in [5.41, 5.74) is 6.95. The highest BCUT2D eigenvalue weighted by Gasteiger charge is 2.06. The van der Waals surface area contributed by atoms with Gasteiger partial charge in [-0.25, -0.2) is 0 Å². The SMILES string of the molecule is Cl.NC(CNC(=O)CCl)Cc1ccc(Cl)cc1. The molecule has 1 rings (SSSR count). The van der Waals surface area contributed by atoms with Gasteiger partial charge in [-0.3, -0.25) is 4.79 Å². The van der Waals surface area contributed by atoms with Crippen LogP contribution in [0.3, 0.4) is 0 Å². The van der Waals surface area contributed by atoms with Crippen molar-refractivity contribution in [2.75, 3.05) is 12.4 Å². The number of carbonyl (C=O) groups excluding carboxylic acids is 1. The summed E-state index contributed by atoms with van der Waals surface area (Å²) in [6.07, 6.45) is 0.694. The fraction of sp³-hybridized carbons (Fsp3) is 0.364. The van der Waals surface area contributed by atoms with Crippen LogP contribution in [0.1, 0.15) is 5.56 Å². The number of benzene rings is 1. The summed E-state index contributed by atoms with van der Waals surface area (Å²) >= 11 is 11.1. The fourth-order valence-corrected chi connectivity index (χ4v) is 1.51. The second-order valence-electron chi connectivity index (χ2n) is 3.53. The predicted octanol–water partition coefficient (Wildman–Crippen LogP) is 1.99. The normalized spacial score (nSPS) is 11.5. The Labute approximate surface area is 117 Å². The van der Waals surface area contributed by atoms with Gasteiger partial charge in [-0.2, -0.15) is 0 Å². The van der Waals surface area contributed by atoms with Crippen molar-refractivity contribution < 1.29 is 4.79 Å². The van der Waals surface area contributed by atoms with Gasteiger partial charge >= 0.3 is 0 Å². The number of hydrogen-bond acceptors (Lipinski definition) is 2. The van der Waals surface area contributed by atoms with Crippen molar-refractivity contribution in [1.29, 1.82) is 0 Å². The highest BCUT2D eigenvalue weighted by molar-refractivity contribution is 6.30. The maximum atomic E-state index is 10.9. The van der Waals surface area contributed by atoms with Crippen LogP contribution < -0.4 is 11.1 Å². The van der Waals surface area contributed by atoms with Crippen molar-refractivity contribution in [2.45, 2.75) is 12.5 Å². The highest BCUT2D eigenvalue weighted by Crippen LogP contribution is 2.10. The van der Waals surface area contributed by atoms with Gasteiger partial charge in [0.05, 0.1) is 0 Å². The van der Waals surface area contributed by atoms with Crippen molar-refractivity contribution in [3.63, 3.8) is 0 Å². The van der Waals surface area contributed by atoms with E-state index >= 15 is 0 Å². The molecule has 1 aromatic carbocycles. The molecule has 0 radical (unpaired) electrons. The molecular weight excluding hydrogens is 282 g/mol. The van der Waals surface area contributed by atoms with Crippen LogP contribution in [0, 0.1) is 0 Å². The summed E-state index contributed by atoms with van der Waals surface area (Å²) in [7, 11) is 0. The van der Waals surface area contributed by atoms with Crippen LogP contribution >= 0.6 is 35.6 Å². The van der Waals surface area contributed by atoms with Crippen LogP contribution in [0.5, 0.6) is 0 Å². The van der Waals surface area contributed by atoms with Crippen molar-refractivity contribution in [3.05, 3.63) is 34.9 Å². The number of nitrogens with two attached hydrogens (primary N) is 1. The van der Waals surface area contributed by atoms with E-state index in [9.17, 15) is 4.79 Å². The smallest absolute Gasteiger partial charge is 0.234 e. The topological polar surface area (TPSA) is 55.1 Å². The molecule has 17 heavy (non-hydrogen) atoms. The first-order chi connectivity index (χ1) is 7.61. The average Bonchev–Trinajstić information content (AvgIpc) is 2.29. The van der Waals surface area contributed by atoms with E-state index in [0.29, 0.717) is 18.0 Å². The predicted molar refractivity (Wildman–Crippen MR) is 74.1 cm³/mol. The van der Waals surface area contributed by atoms with E-state index in [1.807, 2.05) is 24.3 Å². The molecule has 0 aromatic heterocycles. The van der Waals surface area contributed by atoms with Gasteiger partial charge in [0.15, 0.2) is 0 Å². The first-order valence-electron chi connectivity index (χ1n) is 4.94. The Balaban J connectivity index is 0.00000256. The van der Waals surface area contributed by atoms with Gasteiger partial charge < -0.3 is 11.1 Å². The van der Waals surface area contributed by atoms with E-state index in [4.69, 9.17) is 28.9 Å². The van der Waals surface area contributed by atoms with Gasteiger partial charge in [0.25, 0.3) is 0 Å². The first kappa shape index (κ1) is 16.5. The number of carbonyl (C=O) groups is 1. The van der Waals surface area contributed by atoms with Gasteiger partial charge in [-0.1, -0.05) is 23.7 Å². The molecule has 0 aliphatic rings. The number of alkyl halides is 1. The van der Waals surface area contributed by atoms with E-state index in [1.165, 1.54) is 0 Å². The van der Waals surface area contributed by atoms with Crippen molar-refractivity contribution in [2.24, 2.45) is 5.73 Å². The highest BCUT2D eigenvalue weighted by atomic mass is 35.5. The fourth-order valence-electron chi connectivity index (χ4n) is 1.29. The Morgan fingerprint density at radius 2 is 1.94 bits per heavy atom. The molecule has 1 amide bonds. The zero-order valence-electron chi connectivity index (χ0n) is 9.16. The lowest BCUT2D eigenvalue weighted by atomic mass is 10.1. The molecule has 1 atom stereocenters. The lowest BCUT2D eigenvalue weighted by Gasteiger charge is -2.12. The zero-order valence-corrected chi connectivity index (χ0v) is 11.5. The first-order valence-corrected chi connectivity index (χ1v) is 5.85. The molecule has 3 N–H and O–H groups in total. The zero-order chi connectivity index (χ0) is 12.0. The van der Waals surface area contributed by atoms with Gasteiger partial charge in [-0.15, -0.1) is 24.0 Å². The third-order valence-electron chi connectivity index (χ3n) is 2.09. The molecule has 0 fully saturated rings. The van der Waals surface area contributed by atoms with Crippen molar-refractivity contribution >= 4 is 41.5 Å². The van der Waals surface area contributed by atoms with Gasteiger partial charge in [0, 0.05) is 17.6 Å². The third kappa shape index (κ3) is 6.74. The lowest BCUT2D eigenvalue weighted by molar-refractivity contribution is -0.118. The van der Waals surface area contributed by atoms with Crippen LogP contribution in [0.4, 0.5) is 0 Å². The van der Waals surface area contributed by atoms with Crippen LogP contribution in [0.15, 0.2) is 24.3 Å². The molecule has 1 aromatic rings. The molecule has 0 saturated carbocycles. The van der Waals surface area contributed by atoms with Crippen LogP contribution in [0.25, 0.3) is 0 Å². The summed E-state index contributed by atoms with van der Waals surface area (Å²) in [4.78, 5) is 10.9. The number of halogens is 3. The Bertz CT molecular complexity index is 343. The number of rotatable bonds is 5. The molecular formula is C11H15Cl3N2O. The number of amides is 1. The van der Waals surface area contributed by atoms with Gasteiger partial charge in [-0.05, 0) is 24.1 Å². The van der Waals surface area contributed by atoms with Crippen LogP contribution in [0.2, 0.25) is 5.02 Å². The van der Waals surface area contributed by atoms with Crippen molar-refractivity contribution in [1.82, 2.24) is 5.32 Å². The van der Waals surface area contributed by atoms with E-state index in [0.717, 1.165) is 5.56 Å². The molecule has 0 aliphatic heterocycles. The Morgan fingerprint density at radius 3 is 2.47 bits per heavy atom. The van der Waals surface area contributed by atoms with Gasteiger partial charge in [0.1, 0.15) is 5.88 Å². The minimum atomic E-state index is -0.201. The van der Waals surface area contributed by atoms with E-state index in [2.05, 4.69) is 5.32 Å². The molecule has 0 heterocycles. The summed E-state index contributed by atoms with van der Waals surface area (Å²) in [5.74, 6) is -0.235. The molecule has 6 heteroatoms. The monoisotopic (exact) mass is 296 g/mol. The molecule has 0 bridgehead atoms.